The third kappa shape index (κ3) is 7.48. The number of fused-ring (bicyclic) bond motifs is 1. The van der Waals surface area contributed by atoms with Gasteiger partial charge >= 0.3 is 12.1 Å². The minimum Gasteiger partial charge on any atom is -0.475 e. The zero-order valence-corrected chi connectivity index (χ0v) is 18.2. The predicted molar refractivity (Wildman–Crippen MR) is 118 cm³/mol. The number of halogens is 4. The summed E-state index contributed by atoms with van der Waals surface area (Å²) in [5.74, 6) is -3.20. The topological polar surface area (TPSA) is 128 Å². The second-order valence-corrected chi connectivity index (χ2v) is 7.73. The monoisotopic (exact) mass is 485 g/mol. The van der Waals surface area contributed by atoms with Crippen LogP contribution in [-0.2, 0) is 11.2 Å². The zero-order valence-electron chi connectivity index (χ0n) is 17.5. The van der Waals surface area contributed by atoms with Gasteiger partial charge in [0.2, 0.25) is 0 Å². The number of aliphatic carboxylic acids is 1. The molecule has 0 bridgehead atoms. The van der Waals surface area contributed by atoms with E-state index in [0.29, 0.717) is 17.1 Å². The van der Waals surface area contributed by atoms with Gasteiger partial charge in [0.05, 0.1) is 17.2 Å². The lowest BCUT2D eigenvalue weighted by molar-refractivity contribution is -0.192. The summed E-state index contributed by atoms with van der Waals surface area (Å²) in [7, 11) is 0. The molecule has 0 aliphatic rings. The Kier molecular flexibility index (Phi) is 8.86. The number of hydrogen-bond acceptors (Lipinski definition) is 4. The first kappa shape index (κ1) is 26.2. The van der Waals surface area contributed by atoms with Crippen LogP contribution < -0.4 is 11.1 Å². The number of rotatable bonds is 7. The van der Waals surface area contributed by atoms with E-state index in [2.05, 4.69) is 17.2 Å². The first-order valence-electron chi connectivity index (χ1n) is 9.76. The number of carboxylic acid groups (broad SMARTS) is 1. The lowest BCUT2D eigenvalue weighted by Crippen LogP contribution is -2.32. The molecule has 178 valence electrons. The molecule has 0 fully saturated rings. The summed E-state index contributed by atoms with van der Waals surface area (Å²) < 4.78 is 31.7. The Balaban J connectivity index is 0.000000479. The maximum atomic E-state index is 11.5. The standard InChI is InChI=1S/C20H22ClN3O2.C2HF3O2/c1-12(23-11-18(25)13-4-2-5-15(21)9-13)8-14-10-24-19-16(14)6-3-7-17(19)20(22)26;3-2(4,5)1(6)7/h2-7,9-10,12,18,23-25H,8,11H2,1H3,(H2,22,26);(H,6,7)/t12-,18+;/m1./s1. The van der Waals surface area contributed by atoms with E-state index in [1.165, 1.54) is 0 Å². The SMILES string of the molecule is C[C@H](Cc1c[nH]c2c(C(N)=O)cccc12)NC[C@H](O)c1cccc(Cl)c1.O=C(O)C(F)(F)F. The van der Waals surface area contributed by atoms with E-state index in [-0.39, 0.29) is 6.04 Å². The van der Waals surface area contributed by atoms with Crippen LogP contribution in [0.1, 0.15) is 34.5 Å². The molecule has 2 atom stereocenters. The summed E-state index contributed by atoms with van der Waals surface area (Å²) in [4.78, 5) is 23.6. The number of benzene rings is 2. The Morgan fingerprint density at radius 2 is 1.85 bits per heavy atom. The van der Waals surface area contributed by atoms with Crippen LogP contribution in [0.2, 0.25) is 5.02 Å². The molecule has 2 aromatic carbocycles. The van der Waals surface area contributed by atoms with Gasteiger partial charge < -0.3 is 26.2 Å². The fourth-order valence-electron chi connectivity index (χ4n) is 3.13. The Morgan fingerprint density at radius 3 is 2.42 bits per heavy atom. The van der Waals surface area contributed by atoms with Gasteiger partial charge in [0.15, 0.2) is 0 Å². The number of aliphatic hydroxyl groups excluding tert-OH is 1. The van der Waals surface area contributed by atoms with Crippen LogP contribution in [0.25, 0.3) is 10.9 Å². The van der Waals surface area contributed by atoms with Crippen LogP contribution in [0.3, 0.4) is 0 Å². The van der Waals surface area contributed by atoms with E-state index >= 15 is 0 Å². The molecule has 0 saturated heterocycles. The van der Waals surface area contributed by atoms with E-state index in [0.717, 1.165) is 28.5 Å². The first-order chi connectivity index (χ1) is 15.4. The molecule has 6 N–H and O–H groups in total. The minimum absolute atomic E-state index is 0.139. The average Bonchev–Trinajstić information content (AvgIpc) is 3.14. The number of carbonyl (C=O) groups is 2. The Hall–Kier alpha value is -3.08. The van der Waals surface area contributed by atoms with Gasteiger partial charge in [-0.1, -0.05) is 35.9 Å². The Morgan fingerprint density at radius 1 is 1.21 bits per heavy atom. The third-order valence-electron chi connectivity index (χ3n) is 4.73. The van der Waals surface area contributed by atoms with Crippen molar-refractivity contribution in [3.05, 3.63) is 70.4 Å². The lowest BCUT2D eigenvalue weighted by Gasteiger charge is -2.17. The highest BCUT2D eigenvalue weighted by molar-refractivity contribution is 6.30. The summed E-state index contributed by atoms with van der Waals surface area (Å²) in [6.45, 7) is 2.48. The summed E-state index contributed by atoms with van der Waals surface area (Å²) in [5, 5.41) is 22.4. The van der Waals surface area contributed by atoms with Gasteiger partial charge in [-0.2, -0.15) is 13.2 Å². The summed E-state index contributed by atoms with van der Waals surface area (Å²) in [6, 6.07) is 12.9. The molecule has 7 nitrogen and oxygen atoms in total. The van der Waals surface area contributed by atoms with Crippen molar-refractivity contribution in [3.8, 4) is 0 Å². The zero-order chi connectivity index (χ0) is 24.8. The molecular formula is C22H23ClF3N3O4. The van der Waals surface area contributed by atoms with Crippen molar-refractivity contribution >= 4 is 34.4 Å². The number of primary amides is 1. The number of hydrogen-bond donors (Lipinski definition) is 5. The molecule has 33 heavy (non-hydrogen) atoms. The number of carbonyl (C=O) groups excluding carboxylic acids is 1. The molecule has 3 aromatic rings. The largest absolute Gasteiger partial charge is 0.490 e. The molecular weight excluding hydrogens is 463 g/mol. The van der Waals surface area contributed by atoms with Crippen molar-refractivity contribution < 1.29 is 33.0 Å². The van der Waals surface area contributed by atoms with Crippen LogP contribution in [0.5, 0.6) is 0 Å². The molecule has 0 aliphatic carbocycles. The lowest BCUT2D eigenvalue weighted by atomic mass is 10.0. The number of aliphatic hydroxyl groups is 1. The quantitative estimate of drug-likeness (QED) is 0.347. The average molecular weight is 486 g/mol. The fourth-order valence-corrected chi connectivity index (χ4v) is 3.33. The molecule has 1 heterocycles. The van der Waals surface area contributed by atoms with Crippen LogP contribution >= 0.6 is 11.6 Å². The van der Waals surface area contributed by atoms with E-state index in [9.17, 15) is 23.1 Å². The van der Waals surface area contributed by atoms with Crippen LogP contribution in [0.15, 0.2) is 48.7 Å². The van der Waals surface area contributed by atoms with Crippen molar-refractivity contribution in [2.45, 2.75) is 31.7 Å². The van der Waals surface area contributed by atoms with Crippen molar-refractivity contribution in [3.63, 3.8) is 0 Å². The van der Waals surface area contributed by atoms with Gasteiger partial charge in [-0.25, -0.2) is 4.79 Å². The number of nitrogens with one attached hydrogen (secondary N) is 2. The molecule has 1 amide bonds. The van der Waals surface area contributed by atoms with Crippen LogP contribution in [0, 0.1) is 0 Å². The molecule has 11 heteroatoms. The number of para-hydroxylation sites is 1. The normalized spacial score (nSPS) is 13.2. The van der Waals surface area contributed by atoms with Gasteiger partial charge in [-0.15, -0.1) is 0 Å². The summed E-state index contributed by atoms with van der Waals surface area (Å²) >= 11 is 5.97. The van der Waals surface area contributed by atoms with Crippen molar-refractivity contribution in [2.75, 3.05) is 6.54 Å². The molecule has 1 aromatic heterocycles. The molecule has 0 unspecified atom stereocenters. The molecule has 0 radical (unpaired) electrons. The van der Waals surface area contributed by atoms with E-state index in [4.69, 9.17) is 27.2 Å². The number of aromatic amines is 1. The highest BCUT2D eigenvalue weighted by atomic mass is 35.5. The minimum atomic E-state index is -5.08. The number of carboxylic acids is 1. The molecule has 3 rings (SSSR count). The number of H-pyrrole nitrogens is 1. The molecule has 0 aliphatic heterocycles. The molecule has 0 spiro atoms. The van der Waals surface area contributed by atoms with Gasteiger partial charge in [0, 0.05) is 29.2 Å². The molecule has 0 saturated carbocycles. The smallest absolute Gasteiger partial charge is 0.475 e. The second-order valence-electron chi connectivity index (χ2n) is 7.29. The van der Waals surface area contributed by atoms with E-state index in [1.54, 1.807) is 18.2 Å². The summed E-state index contributed by atoms with van der Waals surface area (Å²) in [6.07, 6.45) is -3.05. The number of nitrogens with two attached hydrogens (primary N) is 1. The number of alkyl halides is 3. The van der Waals surface area contributed by atoms with Gasteiger partial charge in [0.1, 0.15) is 0 Å². The van der Waals surface area contributed by atoms with Crippen LogP contribution in [0.4, 0.5) is 13.2 Å². The maximum Gasteiger partial charge on any atom is 0.490 e. The first-order valence-corrected chi connectivity index (χ1v) is 10.1. The van der Waals surface area contributed by atoms with Crippen molar-refractivity contribution in [2.24, 2.45) is 5.73 Å². The second kappa shape index (κ2) is 11.2. The highest BCUT2D eigenvalue weighted by Crippen LogP contribution is 2.23. The Labute approximate surface area is 192 Å². The van der Waals surface area contributed by atoms with Crippen molar-refractivity contribution in [1.29, 1.82) is 0 Å². The summed E-state index contributed by atoms with van der Waals surface area (Å²) in [5.41, 5.74) is 8.57. The van der Waals surface area contributed by atoms with E-state index in [1.807, 2.05) is 30.5 Å². The number of amides is 1. The third-order valence-corrected chi connectivity index (χ3v) is 4.96. The maximum absolute atomic E-state index is 11.5. The van der Waals surface area contributed by atoms with E-state index < -0.39 is 24.2 Å². The predicted octanol–water partition coefficient (Wildman–Crippen LogP) is 3.81. The number of aromatic nitrogens is 1. The van der Waals surface area contributed by atoms with Gasteiger partial charge in [-0.05, 0) is 42.7 Å². The van der Waals surface area contributed by atoms with Gasteiger partial charge in [-0.3, -0.25) is 4.79 Å². The Bertz CT molecular complexity index is 1120. The van der Waals surface area contributed by atoms with Crippen LogP contribution in [-0.4, -0.2) is 45.8 Å². The fraction of sp³-hybridized carbons (Fsp3) is 0.273. The van der Waals surface area contributed by atoms with Crippen molar-refractivity contribution in [1.82, 2.24) is 10.3 Å². The van der Waals surface area contributed by atoms with Gasteiger partial charge in [0.25, 0.3) is 5.91 Å². The highest BCUT2D eigenvalue weighted by Gasteiger charge is 2.38.